The van der Waals surface area contributed by atoms with Crippen LogP contribution in [0.5, 0.6) is 5.75 Å². The molecular formula is C15H22N2O2. The normalized spacial score (nSPS) is 14.9. The van der Waals surface area contributed by atoms with E-state index in [2.05, 4.69) is 0 Å². The molecule has 4 heteroatoms. The van der Waals surface area contributed by atoms with Gasteiger partial charge in [0.2, 0.25) is 0 Å². The average molecular weight is 262 g/mol. The summed E-state index contributed by atoms with van der Waals surface area (Å²) >= 11 is 0. The van der Waals surface area contributed by atoms with Crippen LogP contribution >= 0.6 is 0 Å². The summed E-state index contributed by atoms with van der Waals surface area (Å²) in [6.07, 6.45) is 5.34. The van der Waals surface area contributed by atoms with Crippen LogP contribution in [0.2, 0.25) is 0 Å². The highest BCUT2D eigenvalue weighted by atomic mass is 16.5. The predicted molar refractivity (Wildman–Crippen MR) is 75.7 cm³/mol. The molecule has 1 saturated carbocycles. The lowest BCUT2D eigenvalue weighted by atomic mass is 9.83. The van der Waals surface area contributed by atoms with Crippen molar-refractivity contribution in [1.82, 2.24) is 0 Å². The fraction of sp³-hybridized carbons (Fsp3) is 0.533. The molecule has 0 amide bonds. The number of nitrogens with two attached hydrogens (primary N) is 1. The lowest BCUT2D eigenvalue weighted by Crippen LogP contribution is -2.15. The Hall–Kier alpha value is -1.55. The number of hydrogen-bond acceptors (Lipinski definition) is 3. The van der Waals surface area contributed by atoms with Gasteiger partial charge in [-0.1, -0.05) is 19.3 Å². The van der Waals surface area contributed by atoms with Crippen molar-refractivity contribution in [2.24, 2.45) is 11.7 Å². The zero-order valence-corrected chi connectivity index (χ0v) is 11.2. The van der Waals surface area contributed by atoms with Gasteiger partial charge in [-0.2, -0.15) is 0 Å². The largest absolute Gasteiger partial charge is 0.491 e. The van der Waals surface area contributed by atoms with Crippen molar-refractivity contribution in [3.63, 3.8) is 0 Å². The van der Waals surface area contributed by atoms with E-state index in [1.165, 1.54) is 25.7 Å². The molecule has 0 unspecified atom stereocenters. The standard InChI is InChI=1S/C15H22N2O2/c16-15(17)13-4-6-14(7-5-13)19-11-10-18-9-8-12-2-1-3-12/h4-7,12H,1-3,8-11H2,(H3,16,17). The number of amidine groups is 1. The van der Waals surface area contributed by atoms with Gasteiger partial charge in [0.1, 0.15) is 18.2 Å². The molecular weight excluding hydrogens is 240 g/mol. The van der Waals surface area contributed by atoms with Crippen molar-refractivity contribution >= 4 is 5.84 Å². The number of ether oxygens (including phenoxy) is 2. The minimum Gasteiger partial charge on any atom is -0.491 e. The molecule has 4 nitrogen and oxygen atoms in total. The molecule has 2 rings (SSSR count). The zero-order valence-electron chi connectivity index (χ0n) is 11.2. The van der Waals surface area contributed by atoms with E-state index in [-0.39, 0.29) is 5.84 Å². The van der Waals surface area contributed by atoms with Crippen LogP contribution < -0.4 is 10.5 Å². The second kappa shape index (κ2) is 7.14. The van der Waals surface area contributed by atoms with Gasteiger partial charge < -0.3 is 15.2 Å². The van der Waals surface area contributed by atoms with Crippen molar-refractivity contribution in [1.29, 1.82) is 5.41 Å². The van der Waals surface area contributed by atoms with Crippen LogP contribution in [0.15, 0.2) is 24.3 Å². The Kier molecular flexibility index (Phi) is 5.21. The maximum atomic E-state index is 7.29. The van der Waals surface area contributed by atoms with Crippen molar-refractivity contribution in [2.45, 2.75) is 25.7 Å². The van der Waals surface area contributed by atoms with E-state index in [1.807, 2.05) is 12.1 Å². The number of benzene rings is 1. The van der Waals surface area contributed by atoms with E-state index in [0.29, 0.717) is 18.8 Å². The topological polar surface area (TPSA) is 68.3 Å². The third kappa shape index (κ3) is 4.56. The molecule has 3 N–H and O–H groups in total. The van der Waals surface area contributed by atoms with E-state index in [4.69, 9.17) is 20.6 Å². The van der Waals surface area contributed by atoms with Crippen molar-refractivity contribution in [2.75, 3.05) is 19.8 Å². The molecule has 1 aliphatic carbocycles. The Morgan fingerprint density at radius 3 is 2.47 bits per heavy atom. The molecule has 1 aromatic carbocycles. The van der Waals surface area contributed by atoms with Gasteiger partial charge in [0, 0.05) is 12.2 Å². The highest BCUT2D eigenvalue weighted by Gasteiger charge is 2.16. The van der Waals surface area contributed by atoms with Gasteiger partial charge in [0.05, 0.1) is 6.61 Å². The van der Waals surface area contributed by atoms with Crippen molar-refractivity contribution in [3.05, 3.63) is 29.8 Å². The lowest BCUT2D eigenvalue weighted by Gasteiger charge is -2.24. The van der Waals surface area contributed by atoms with Gasteiger partial charge in [0.15, 0.2) is 0 Å². The van der Waals surface area contributed by atoms with Gasteiger partial charge in [-0.3, -0.25) is 5.41 Å². The first-order valence-corrected chi connectivity index (χ1v) is 6.90. The molecule has 104 valence electrons. The van der Waals surface area contributed by atoms with Crippen molar-refractivity contribution in [3.8, 4) is 5.75 Å². The number of hydrogen-bond donors (Lipinski definition) is 2. The molecule has 0 aromatic heterocycles. The van der Waals surface area contributed by atoms with Crippen LogP contribution in [-0.4, -0.2) is 25.7 Å². The van der Waals surface area contributed by atoms with Crippen molar-refractivity contribution < 1.29 is 9.47 Å². The van der Waals surface area contributed by atoms with E-state index < -0.39 is 0 Å². The number of nitrogen functional groups attached to an aromatic ring is 1. The second-order valence-electron chi connectivity index (χ2n) is 4.98. The fourth-order valence-electron chi connectivity index (χ4n) is 2.08. The first kappa shape index (κ1) is 13.9. The molecule has 0 radical (unpaired) electrons. The summed E-state index contributed by atoms with van der Waals surface area (Å²) < 4.78 is 11.1. The van der Waals surface area contributed by atoms with Crippen LogP contribution in [0.4, 0.5) is 0 Å². The summed E-state index contributed by atoms with van der Waals surface area (Å²) in [5.74, 6) is 1.76. The minimum absolute atomic E-state index is 0.0749. The van der Waals surface area contributed by atoms with Crippen LogP contribution in [0.1, 0.15) is 31.2 Å². The van der Waals surface area contributed by atoms with Crippen LogP contribution in [0.3, 0.4) is 0 Å². The minimum atomic E-state index is 0.0749. The first-order chi connectivity index (χ1) is 9.25. The van der Waals surface area contributed by atoms with Gasteiger partial charge in [0.25, 0.3) is 0 Å². The predicted octanol–water partition coefficient (Wildman–Crippen LogP) is 2.56. The van der Waals surface area contributed by atoms with Crippen LogP contribution in [0.25, 0.3) is 0 Å². The Bertz CT molecular complexity index is 399. The van der Waals surface area contributed by atoms with E-state index in [9.17, 15) is 0 Å². The molecule has 19 heavy (non-hydrogen) atoms. The van der Waals surface area contributed by atoms with Gasteiger partial charge in [-0.05, 0) is 36.6 Å². The molecule has 0 heterocycles. The second-order valence-corrected chi connectivity index (χ2v) is 4.98. The molecule has 0 saturated heterocycles. The molecule has 0 atom stereocenters. The monoisotopic (exact) mass is 262 g/mol. The summed E-state index contributed by atoms with van der Waals surface area (Å²) in [7, 11) is 0. The molecule has 0 bridgehead atoms. The van der Waals surface area contributed by atoms with Gasteiger partial charge in [-0.15, -0.1) is 0 Å². The van der Waals surface area contributed by atoms with Crippen LogP contribution in [0, 0.1) is 11.3 Å². The summed E-state index contributed by atoms with van der Waals surface area (Å²) in [6.45, 7) is 2.03. The fourth-order valence-corrected chi connectivity index (χ4v) is 2.08. The quantitative estimate of drug-likeness (QED) is 0.430. The maximum Gasteiger partial charge on any atom is 0.122 e. The average Bonchev–Trinajstić information content (AvgIpc) is 2.36. The Morgan fingerprint density at radius 2 is 1.89 bits per heavy atom. The third-order valence-corrected chi connectivity index (χ3v) is 3.56. The van der Waals surface area contributed by atoms with E-state index in [0.717, 1.165) is 18.3 Å². The number of nitrogens with one attached hydrogen (secondary N) is 1. The summed E-state index contributed by atoms with van der Waals surface area (Å²) in [5.41, 5.74) is 6.09. The van der Waals surface area contributed by atoms with Gasteiger partial charge >= 0.3 is 0 Å². The Balaban J connectivity index is 1.55. The zero-order chi connectivity index (χ0) is 13.5. The molecule has 1 fully saturated rings. The summed E-state index contributed by atoms with van der Waals surface area (Å²) in [5, 5.41) is 7.29. The van der Waals surface area contributed by atoms with E-state index in [1.54, 1.807) is 12.1 Å². The lowest BCUT2D eigenvalue weighted by molar-refractivity contribution is 0.0812. The number of rotatable bonds is 8. The summed E-state index contributed by atoms with van der Waals surface area (Å²) in [4.78, 5) is 0. The third-order valence-electron chi connectivity index (χ3n) is 3.56. The first-order valence-electron chi connectivity index (χ1n) is 6.90. The highest BCUT2D eigenvalue weighted by Crippen LogP contribution is 2.29. The molecule has 1 aliphatic rings. The highest BCUT2D eigenvalue weighted by molar-refractivity contribution is 5.94. The smallest absolute Gasteiger partial charge is 0.122 e. The molecule has 0 aliphatic heterocycles. The molecule has 0 spiro atoms. The Morgan fingerprint density at radius 1 is 1.16 bits per heavy atom. The molecule has 1 aromatic rings. The maximum absolute atomic E-state index is 7.29. The summed E-state index contributed by atoms with van der Waals surface area (Å²) in [6, 6.07) is 7.22. The van der Waals surface area contributed by atoms with Gasteiger partial charge in [-0.25, -0.2) is 0 Å². The Labute approximate surface area is 114 Å². The SMILES string of the molecule is N=C(N)c1ccc(OCCOCCC2CCC2)cc1. The van der Waals surface area contributed by atoms with Crippen LogP contribution in [-0.2, 0) is 4.74 Å². The van der Waals surface area contributed by atoms with E-state index >= 15 is 0 Å².